The molecule has 6 heteroatoms. The van der Waals surface area contributed by atoms with Gasteiger partial charge in [0.1, 0.15) is 0 Å². The molecule has 1 aromatic heterocycles. The molecule has 0 atom stereocenters. The average molecular weight is 294 g/mol. The van der Waals surface area contributed by atoms with Crippen molar-refractivity contribution in [1.29, 1.82) is 0 Å². The number of hydrogen-bond acceptors (Lipinski definition) is 4. The molecule has 0 aromatic carbocycles. The van der Waals surface area contributed by atoms with E-state index in [-0.39, 0.29) is 5.91 Å². The van der Waals surface area contributed by atoms with Gasteiger partial charge in [0, 0.05) is 55.5 Å². The van der Waals surface area contributed by atoms with Gasteiger partial charge in [0.25, 0.3) is 0 Å². The van der Waals surface area contributed by atoms with Gasteiger partial charge in [-0.2, -0.15) is 0 Å². The Labute approximate surface area is 122 Å². The van der Waals surface area contributed by atoms with Gasteiger partial charge < -0.3 is 10.0 Å². The van der Waals surface area contributed by atoms with Crippen LogP contribution in [0.4, 0.5) is 0 Å². The first-order valence-corrected chi connectivity index (χ1v) is 7.34. The first-order valence-electron chi connectivity index (χ1n) is 6.52. The number of carbonyl (C=O) groups excluding carboxylic acids is 1. The number of carbonyl (C=O) groups is 2. The maximum Gasteiger partial charge on any atom is 0.328 e. The Kier molecular flexibility index (Phi) is 4.92. The molecule has 1 N–H and O–H groups in total. The second kappa shape index (κ2) is 6.67. The van der Waals surface area contributed by atoms with Crippen LogP contribution in [0.3, 0.4) is 0 Å². The number of aliphatic carboxylic acids is 1. The maximum absolute atomic E-state index is 11.2. The Hall–Kier alpha value is -1.66. The summed E-state index contributed by atoms with van der Waals surface area (Å²) in [5, 5.41) is 8.59. The second-order valence-electron chi connectivity index (χ2n) is 4.76. The van der Waals surface area contributed by atoms with E-state index in [4.69, 9.17) is 5.11 Å². The summed E-state index contributed by atoms with van der Waals surface area (Å²) >= 11 is 1.60. The summed E-state index contributed by atoms with van der Waals surface area (Å²) in [6.07, 6.45) is 2.77. The van der Waals surface area contributed by atoms with Crippen molar-refractivity contribution in [2.45, 2.75) is 13.5 Å². The Bertz CT molecular complexity index is 516. The molecule has 0 aliphatic carbocycles. The minimum absolute atomic E-state index is 0.141. The monoisotopic (exact) mass is 294 g/mol. The third-order valence-corrected chi connectivity index (χ3v) is 4.30. The number of nitrogens with zero attached hydrogens (tertiary/aromatic N) is 2. The predicted octanol–water partition coefficient (Wildman–Crippen LogP) is 1.51. The van der Waals surface area contributed by atoms with E-state index in [1.807, 2.05) is 17.0 Å². The molecule has 0 radical (unpaired) electrons. The summed E-state index contributed by atoms with van der Waals surface area (Å²) in [6, 6.07) is 3.97. The second-order valence-corrected chi connectivity index (χ2v) is 5.96. The number of rotatable bonds is 4. The lowest BCUT2D eigenvalue weighted by molar-refractivity contribution is -0.131. The lowest BCUT2D eigenvalue weighted by Crippen LogP contribution is -2.47. The number of amides is 1. The average Bonchev–Trinajstić information content (AvgIpc) is 2.84. The van der Waals surface area contributed by atoms with Crippen LogP contribution in [0.1, 0.15) is 16.7 Å². The molecular weight excluding hydrogens is 276 g/mol. The quantitative estimate of drug-likeness (QED) is 0.855. The standard InChI is InChI=1S/C14H18N2O3S/c1-11(17)16-8-6-15(7-9-16)10-13-3-2-12(20-13)4-5-14(18)19/h2-5H,6-10H2,1H3,(H,18,19). The van der Waals surface area contributed by atoms with Crippen molar-refractivity contribution in [3.63, 3.8) is 0 Å². The van der Waals surface area contributed by atoms with Gasteiger partial charge in [-0.25, -0.2) is 4.79 Å². The molecule has 1 aromatic rings. The SMILES string of the molecule is CC(=O)N1CCN(Cc2ccc(C=CC(=O)O)s2)CC1. The lowest BCUT2D eigenvalue weighted by Gasteiger charge is -2.33. The van der Waals surface area contributed by atoms with E-state index in [2.05, 4.69) is 4.90 Å². The molecule has 20 heavy (non-hydrogen) atoms. The molecule has 108 valence electrons. The number of carboxylic acid groups (broad SMARTS) is 1. The summed E-state index contributed by atoms with van der Waals surface area (Å²) in [6.45, 7) is 5.81. The summed E-state index contributed by atoms with van der Waals surface area (Å²) in [4.78, 5) is 28.1. The van der Waals surface area contributed by atoms with E-state index in [9.17, 15) is 9.59 Å². The van der Waals surface area contributed by atoms with E-state index in [0.717, 1.165) is 43.7 Å². The first kappa shape index (κ1) is 14.7. The molecule has 1 fully saturated rings. The summed E-state index contributed by atoms with van der Waals surface area (Å²) in [7, 11) is 0. The van der Waals surface area contributed by atoms with Gasteiger partial charge in [-0.1, -0.05) is 0 Å². The van der Waals surface area contributed by atoms with Crippen molar-refractivity contribution in [1.82, 2.24) is 9.80 Å². The largest absolute Gasteiger partial charge is 0.478 e. The van der Waals surface area contributed by atoms with Crippen molar-refractivity contribution in [3.8, 4) is 0 Å². The Morgan fingerprint density at radius 1 is 1.30 bits per heavy atom. The summed E-state index contributed by atoms with van der Waals surface area (Å²) in [5.41, 5.74) is 0. The molecule has 2 rings (SSSR count). The topological polar surface area (TPSA) is 60.9 Å². The van der Waals surface area contributed by atoms with Gasteiger partial charge in [-0.3, -0.25) is 9.69 Å². The third kappa shape index (κ3) is 4.18. The maximum atomic E-state index is 11.2. The van der Waals surface area contributed by atoms with Crippen molar-refractivity contribution >= 4 is 29.3 Å². The van der Waals surface area contributed by atoms with Gasteiger partial charge in [-0.05, 0) is 18.2 Å². The molecule has 1 amide bonds. The molecule has 1 aliphatic rings. The van der Waals surface area contributed by atoms with Gasteiger partial charge in [0.15, 0.2) is 0 Å². The molecular formula is C14H18N2O3S. The van der Waals surface area contributed by atoms with E-state index in [1.54, 1.807) is 24.3 Å². The minimum Gasteiger partial charge on any atom is -0.478 e. The van der Waals surface area contributed by atoms with Gasteiger partial charge >= 0.3 is 5.97 Å². The van der Waals surface area contributed by atoms with Crippen LogP contribution in [0.15, 0.2) is 18.2 Å². The van der Waals surface area contributed by atoms with Crippen LogP contribution in [0.5, 0.6) is 0 Å². The molecule has 2 heterocycles. The summed E-state index contributed by atoms with van der Waals surface area (Å²) in [5.74, 6) is -0.790. The first-order chi connectivity index (χ1) is 9.54. The molecule has 0 unspecified atom stereocenters. The zero-order valence-corrected chi connectivity index (χ0v) is 12.2. The van der Waals surface area contributed by atoms with Crippen molar-refractivity contribution < 1.29 is 14.7 Å². The van der Waals surface area contributed by atoms with Gasteiger partial charge in [-0.15, -0.1) is 11.3 Å². The smallest absolute Gasteiger partial charge is 0.328 e. The van der Waals surface area contributed by atoms with Gasteiger partial charge in [0.2, 0.25) is 5.91 Å². The van der Waals surface area contributed by atoms with E-state index >= 15 is 0 Å². The van der Waals surface area contributed by atoms with Crippen LogP contribution < -0.4 is 0 Å². The fourth-order valence-corrected chi connectivity index (χ4v) is 3.12. The highest BCUT2D eigenvalue weighted by Crippen LogP contribution is 2.20. The molecule has 1 aliphatic heterocycles. The van der Waals surface area contributed by atoms with Gasteiger partial charge in [0.05, 0.1) is 0 Å². The highest BCUT2D eigenvalue weighted by atomic mass is 32.1. The molecule has 0 spiro atoms. The van der Waals surface area contributed by atoms with E-state index in [1.165, 1.54) is 4.88 Å². The Morgan fingerprint density at radius 3 is 2.60 bits per heavy atom. The number of thiophene rings is 1. The van der Waals surface area contributed by atoms with Crippen molar-refractivity contribution in [2.24, 2.45) is 0 Å². The van der Waals surface area contributed by atoms with Crippen LogP contribution in [-0.2, 0) is 16.1 Å². The number of hydrogen-bond donors (Lipinski definition) is 1. The van der Waals surface area contributed by atoms with Crippen molar-refractivity contribution in [2.75, 3.05) is 26.2 Å². The van der Waals surface area contributed by atoms with E-state index < -0.39 is 5.97 Å². The summed E-state index contributed by atoms with van der Waals surface area (Å²) < 4.78 is 0. The Morgan fingerprint density at radius 2 is 2.00 bits per heavy atom. The number of piperazine rings is 1. The van der Waals surface area contributed by atoms with Crippen LogP contribution in [0.2, 0.25) is 0 Å². The van der Waals surface area contributed by atoms with Crippen LogP contribution in [0.25, 0.3) is 6.08 Å². The zero-order chi connectivity index (χ0) is 14.5. The minimum atomic E-state index is -0.930. The third-order valence-electron chi connectivity index (χ3n) is 3.27. The zero-order valence-electron chi connectivity index (χ0n) is 11.4. The lowest BCUT2D eigenvalue weighted by atomic mass is 10.3. The molecule has 0 saturated carbocycles. The predicted molar refractivity (Wildman–Crippen MR) is 78.5 cm³/mol. The molecule has 5 nitrogen and oxygen atoms in total. The number of carboxylic acids is 1. The highest BCUT2D eigenvalue weighted by molar-refractivity contribution is 7.12. The normalized spacial score (nSPS) is 16.8. The molecule has 1 saturated heterocycles. The Balaban J connectivity index is 1.86. The van der Waals surface area contributed by atoms with Crippen LogP contribution in [-0.4, -0.2) is 53.0 Å². The fraction of sp³-hybridized carbons (Fsp3) is 0.429. The van der Waals surface area contributed by atoms with Crippen LogP contribution >= 0.6 is 11.3 Å². The fourth-order valence-electron chi connectivity index (χ4n) is 2.16. The van der Waals surface area contributed by atoms with E-state index in [0.29, 0.717) is 0 Å². The van der Waals surface area contributed by atoms with Crippen molar-refractivity contribution in [3.05, 3.63) is 28.0 Å². The highest BCUT2D eigenvalue weighted by Gasteiger charge is 2.18. The molecule has 0 bridgehead atoms. The van der Waals surface area contributed by atoms with Crippen LogP contribution in [0, 0.1) is 0 Å².